The van der Waals surface area contributed by atoms with Gasteiger partial charge in [0, 0.05) is 41.4 Å². The van der Waals surface area contributed by atoms with Crippen molar-refractivity contribution in [2.24, 2.45) is 11.8 Å². The van der Waals surface area contributed by atoms with Gasteiger partial charge >= 0.3 is 0 Å². The second-order valence-electron chi connectivity index (χ2n) is 12.5. The Hall–Kier alpha value is -3.49. The van der Waals surface area contributed by atoms with E-state index < -0.39 is 40.5 Å². The lowest BCUT2D eigenvalue weighted by molar-refractivity contribution is -0.171. The number of ether oxygens (including phenoxy) is 2. The van der Waals surface area contributed by atoms with Crippen LogP contribution in [0.15, 0.2) is 47.1 Å². The van der Waals surface area contributed by atoms with Crippen LogP contribution in [0.1, 0.15) is 75.9 Å². The molecule has 8 nitrogen and oxygen atoms in total. The van der Waals surface area contributed by atoms with E-state index in [9.17, 15) is 29.7 Å². The van der Waals surface area contributed by atoms with E-state index in [1.807, 2.05) is 33.8 Å². The zero-order valence-electron chi connectivity index (χ0n) is 24.4. The zero-order valence-corrected chi connectivity index (χ0v) is 24.4. The molecule has 218 valence electrons. The summed E-state index contributed by atoms with van der Waals surface area (Å²) in [7, 11) is 0. The molecular formula is C33H38O8. The molecule has 2 aliphatic heterocycles. The van der Waals surface area contributed by atoms with Gasteiger partial charge in [-0.05, 0) is 60.0 Å². The van der Waals surface area contributed by atoms with Crippen molar-refractivity contribution < 1.29 is 39.2 Å². The molecule has 1 aromatic rings. The highest BCUT2D eigenvalue weighted by Crippen LogP contribution is 2.68. The van der Waals surface area contributed by atoms with Crippen molar-refractivity contribution in [3.05, 3.63) is 63.8 Å². The number of aromatic hydroxyl groups is 2. The maximum atomic E-state index is 14.5. The van der Waals surface area contributed by atoms with E-state index in [0.717, 1.165) is 5.57 Å². The van der Waals surface area contributed by atoms with Crippen molar-refractivity contribution in [3.63, 3.8) is 0 Å². The number of aliphatic hydroxyl groups is 1. The number of fused-ring (bicyclic) bond motifs is 1. The molecule has 5 aliphatic rings. The number of ketones is 2. The van der Waals surface area contributed by atoms with E-state index >= 15 is 0 Å². The maximum Gasteiger partial charge on any atom is 0.200 e. The number of Topliss-reactive ketones (excluding diaryl/α,β-unsaturated/α-hetero) is 2. The quantitative estimate of drug-likeness (QED) is 0.238. The van der Waals surface area contributed by atoms with Crippen LogP contribution < -0.4 is 4.74 Å². The second-order valence-corrected chi connectivity index (χ2v) is 12.5. The Kier molecular flexibility index (Phi) is 6.94. The topological polar surface area (TPSA) is 130 Å². The predicted octanol–water partition coefficient (Wildman–Crippen LogP) is 4.63. The molecule has 1 aromatic carbocycles. The van der Waals surface area contributed by atoms with E-state index in [-0.39, 0.29) is 64.6 Å². The van der Waals surface area contributed by atoms with Crippen LogP contribution in [-0.2, 0) is 27.2 Å². The van der Waals surface area contributed by atoms with Crippen molar-refractivity contribution >= 4 is 17.9 Å². The highest BCUT2D eigenvalue weighted by Gasteiger charge is 2.81. The molecular weight excluding hydrogens is 524 g/mol. The second kappa shape index (κ2) is 9.81. The summed E-state index contributed by atoms with van der Waals surface area (Å²) in [5.74, 6) is -2.42. The van der Waals surface area contributed by atoms with Gasteiger partial charge in [0.25, 0.3) is 0 Å². The van der Waals surface area contributed by atoms with Gasteiger partial charge < -0.3 is 24.8 Å². The van der Waals surface area contributed by atoms with Gasteiger partial charge in [-0.1, -0.05) is 36.0 Å². The van der Waals surface area contributed by atoms with Gasteiger partial charge in [0.2, 0.25) is 0 Å². The highest BCUT2D eigenvalue weighted by molar-refractivity contribution is 6.18. The number of rotatable bonds is 8. The first-order valence-electron chi connectivity index (χ1n) is 14.1. The molecule has 1 saturated heterocycles. The summed E-state index contributed by atoms with van der Waals surface area (Å²) in [6.45, 7) is 10.9. The lowest BCUT2D eigenvalue weighted by atomic mass is 9.51. The fraction of sp³-hybridized carbons (Fsp3) is 0.485. The van der Waals surface area contributed by atoms with Gasteiger partial charge in [-0.3, -0.25) is 14.4 Å². The number of allylic oxidation sites excluding steroid dienone is 5. The first-order chi connectivity index (χ1) is 19.3. The molecule has 2 heterocycles. The molecule has 1 saturated carbocycles. The molecule has 5 atom stereocenters. The van der Waals surface area contributed by atoms with Crippen molar-refractivity contribution in [2.75, 3.05) is 0 Å². The molecule has 0 aromatic heterocycles. The van der Waals surface area contributed by atoms with Gasteiger partial charge in [0.15, 0.2) is 22.8 Å². The third-order valence-electron chi connectivity index (χ3n) is 9.13. The highest BCUT2D eigenvalue weighted by atomic mass is 16.6. The van der Waals surface area contributed by atoms with Crippen molar-refractivity contribution in [3.8, 4) is 17.2 Å². The molecule has 6 rings (SSSR count). The summed E-state index contributed by atoms with van der Waals surface area (Å²) in [6.07, 6.45) is 8.53. The minimum Gasteiger partial charge on any atom is -0.507 e. The Bertz CT molecular complexity index is 1470. The van der Waals surface area contributed by atoms with Crippen LogP contribution in [0.2, 0.25) is 0 Å². The van der Waals surface area contributed by atoms with Crippen LogP contribution in [0.25, 0.3) is 0 Å². The number of carbonyl (C=O) groups excluding carboxylic acids is 3. The SMILES string of the molecule is C/C=C/C(O)Cc1c(O)c(CC=C(C)C)c(O)c2c1OC13C(=C[C@H]4C[C@@H]1C(C)(C)O[C@]3(C/C=C(\C)C=O)C4=O)C2=O. The van der Waals surface area contributed by atoms with Gasteiger partial charge in [-0.2, -0.15) is 0 Å². The van der Waals surface area contributed by atoms with E-state index in [1.165, 1.54) is 0 Å². The summed E-state index contributed by atoms with van der Waals surface area (Å²) in [6, 6.07) is 0. The summed E-state index contributed by atoms with van der Waals surface area (Å²) in [5.41, 5.74) is -2.15. The fourth-order valence-electron chi connectivity index (χ4n) is 7.30. The van der Waals surface area contributed by atoms with Gasteiger partial charge in [-0.15, -0.1) is 0 Å². The van der Waals surface area contributed by atoms with E-state index in [1.54, 1.807) is 38.2 Å². The van der Waals surface area contributed by atoms with Crippen LogP contribution in [0.4, 0.5) is 0 Å². The van der Waals surface area contributed by atoms with Gasteiger partial charge in [0.1, 0.15) is 29.1 Å². The lowest BCUT2D eigenvalue weighted by Gasteiger charge is -2.56. The number of aliphatic hydroxyl groups excluding tert-OH is 1. The molecule has 3 N–H and O–H groups in total. The number of phenolic OH excluding ortho intramolecular Hbond substituents is 2. The maximum absolute atomic E-state index is 14.5. The van der Waals surface area contributed by atoms with Crippen LogP contribution in [-0.4, -0.2) is 56.1 Å². The number of benzene rings is 1. The average molecular weight is 563 g/mol. The van der Waals surface area contributed by atoms with Crippen molar-refractivity contribution in [1.82, 2.24) is 0 Å². The lowest BCUT2D eigenvalue weighted by Crippen LogP contribution is -2.72. The number of carbonyl (C=O) groups is 3. The molecule has 8 heteroatoms. The smallest absolute Gasteiger partial charge is 0.200 e. The van der Waals surface area contributed by atoms with Gasteiger partial charge in [0.05, 0.1) is 11.7 Å². The van der Waals surface area contributed by atoms with E-state index in [4.69, 9.17) is 9.47 Å². The number of phenols is 2. The monoisotopic (exact) mass is 562 g/mol. The molecule has 1 spiro atoms. The van der Waals surface area contributed by atoms with Crippen LogP contribution >= 0.6 is 0 Å². The Balaban J connectivity index is 1.81. The molecule has 2 fully saturated rings. The molecule has 2 unspecified atom stereocenters. The summed E-state index contributed by atoms with van der Waals surface area (Å²) in [5, 5.41) is 33.7. The Labute approximate surface area is 240 Å². The first kappa shape index (κ1) is 29.0. The van der Waals surface area contributed by atoms with Crippen LogP contribution in [0, 0.1) is 11.8 Å². The Morgan fingerprint density at radius 2 is 1.83 bits per heavy atom. The molecule has 0 radical (unpaired) electrons. The third-order valence-corrected chi connectivity index (χ3v) is 9.13. The molecule has 4 bridgehead atoms. The Morgan fingerprint density at radius 3 is 2.46 bits per heavy atom. The first-order valence-corrected chi connectivity index (χ1v) is 14.1. The van der Waals surface area contributed by atoms with Crippen LogP contribution in [0.5, 0.6) is 17.2 Å². The third kappa shape index (κ3) is 3.98. The fourth-order valence-corrected chi connectivity index (χ4v) is 7.30. The van der Waals surface area contributed by atoms with Gasteiger partial charge in [-0.25, -0.2) is 0 Å². The summed E-state index contributed by atoms with van der Waals surface area (Å²) in [4.78, 5) is 40.0. The van der Waals surface area contributed by atoms with Crippen molar-refractivity contribution in [2.45, 2.75) is 90.1 Å². The zero-order chi connectivity index (χ0) is 30.1. The van der Waals surface area contributed by atoms with E-state index in [2.05, 4.69) is 0 Å². The minimum atomic E-state index is -1.60. The van der Waals surface area contributed by atoms with Crippen molar-refractivity contribution in [1.29, 1.82) is 0 Å². The van der Waals surface area contributed by atoms with Crippen LogP contribution in [0.3, 0.4) is 0 Å². The Morgan fingerprint density at radius 1 is 1.12 bits per heavy atom. The average Bonchev–Trinajstić information content (AvgIpc) is 3.06. The molecule has 0 amide bonds. The predicted molar refractivity (Wildman–Crippen MR) is 152 cm³/mol. The normalized spacial score (nSPS) is 30.0. The minimum absolute atomic E-state index is 0.0138. The molecule has 41 heavy (non-hydrogen) atoms. The largest absolute Gasteiger partial charge is 0.507 e. The summed E-state index contributed by atoms with van der Waals surface area (Å²) < 4.78 is 13.5. The summed E-state index contributed by atoms with van der Waals surface area (Å²) >= 11 is 0. The van der Waals surface area contributed by atoms with E-state index in [0.29, 0.717) is 18.3 Å². The standard InChI is InChI=1S/C33H38O8/c1-7-8-20(35)15-22-26(36)21(10-9-17(2)3)27(37)25-28(38)23-13-19-14-24-31(5,6)41-32(30(19)39,12-11-18(4)16-34)33(23,24)40-29(22)25/h7-9,11,13,16,19-20,24,35-37H,10,12,14-15H2,1-6H3/b8-7+,18-11+/t19-,20?,24+,32+,33?/m0/s1. The molecule has 3 aliphatic carbocycles. The number of hydrogen-bond acceptors (Lipinski definition) is 8. The number of aldehydes is 1. The number of hydrogen-bond donors (Lipinski definition) is 3.